The van der Waals surface area contributed by atoms with Crippen molar-refractivity contribution < 1.29 is 23.8 Å². The van der Waals surface area contributed by atoms with Crippen molar-refractivity contribution in [1.29, 1.82) is 5.26 Å². The number of nitrogens with zero attached hydrogens (tertiary/aromatic N) is 3. The van der Waals surface area contributed by atoms with Gasteiger partial charge in [0.15, 0.2) is 5.75 Å². The summed E-state index contributed by atoms with van der Waals surface area (Å²) in [5, 5.41) is 14.9. The fraction of sp³-hybridized carbons (Fsp3) is 0.160. The normalized spacial score (nSPS) is 10.8. The lowest BCUT2D eigenvalue weighted by atomic mass is 10.2. The third-order valence-electron chi connectivity index (χ3n) is 4.80. The molecule has 3 aromatic rings. The molecule has 0 fully saturated rings. The summed E-state index contributed by atoms with van der Waals surface area (Å²) in [6.07, 6.45) is 0.514. The average Bonchev–Trinajstić information content (AvgIpc) is 2.89. The van der Waals surface area contributed by atoms with Crippen LogP contribution in [-0.4, -0.2) is 36.0 Å². The molecule has 1 aromatic heterocycles. The van der Waals surface area contributed by atoms with Crippen LogP contribution in [0.5, 0.6) is 17.2 Å². The third kappa shape index (κ3) is 7.49. The summed E-state index contributed by atoms with van der Waals surface area (Å²) in [4.78, 5) is 35.7. The van der Waals surface area contributed by atoms with Gasteiger partial charge in [-0.1, -0.05) is 35.3 Å². The van der Waals surface area contributed by atoms with Crippen LogP contribution in [0.1, 0.15) is 12.5 Å². The van der Waals surface area contributed by atoms with Crippen molar-refractivity contribution >= 4 is 46.6 Å². The van der Waals surface area contributed by atoms with E-state index in [1.807, 2.05) is 17.4 Å². The van der Waals surface area contributed by atoms with Crippen molar-refractivity contribution in [3.63, 3.8) is 0 Å². The molecule has 38 heavy (non-hydrogen) atoms. The number of anilines is 1. The monoisotopic (exact) mass is 557 g/mol. The van der Waals surface area contributed by atoms with Crippen molar-refractivity contribution in [3.05, 3.63) is 80.7 Å². The minimum absolute atomic E-state index is 0.0471. The Morgan fingerprint density at radius 1 is 1.08 bits per heavy atom. The zero-order valence-corrected chi connectivity index (χ0v) is 21.7. The predicted octanol–water partition coefficient (Wildman–Crippen LogP) is 4.57. The summed E-state index contributed by atoms with van der Waals surface area (Å²) < 4.78 is 17.0. The summed E-state index contributed by atoms with van der Waals surface area (Å²) in [6, 6.07) is 14.5. The number of hydrogen-bond acceptors (Lipinski definition) is 9. The fourth-order valence-electron chi connectivity index (χ4n) is 3.03. The summed E-state index contributed by atoms with van der Waals surface area (Å²) in [5.41, 5.74) is 2.72. The van der Waals surface area contributed by atoms with Gasteiger partial charge >= 0.3 is 6.09 Å². The molecular formula is C25H21Cl2N5O6. The molecule has 0 saturated carbocycles. The van der Waals surface area contributed by atoms with E-state index >= 15 is 0 Å². The van der Waals surface area contributed by atoms with Crippen molar-refractivity contribution in [1.82, 2.24) is 9.88 Å². The molecule has 0 radical (unpaired) electrons. The topological polar surface area (TPSA) is 144 Å². The zero-order chi connectivity index (χ0) is 27.7. The molecule has 2 aromatic carbocycles. The number of methoxy groups -OCH3 is 1. The molecule has 0 aliphatic carbocycles. The first-order valence-electron chi connectivity index (χ1n) is 11.0. The van der Waals surface area contributed by atoms with Crippen molar-refractivity contribution in [2.24, 2.45) is 5.10 Å². The minimum atomic E-state index is -1.06. The summed E-state index contributed by atoms with van der Waals surface area (Å²) in [7, 11) is 1.57. The Labute approximate surface area is 227 Å². The highest BCUT2D eigenvalue weighted by molar-refractivity contribution is 6.47. The molecule has 3 rings (SSSR count). The molecule has 196 valence electrons. The van der Waals surface area contributed by atoms with Gasteiger partial charge in [-0.3, -0.25) is 20.3 Å². The quantitative estimate of drug-likeness (QED) is 0.287. The number of imide groups is 1. The van der Waals surface area contributed by atoms with E-state index in [1.54, 1.807) is 32.2 Å². The standard InChI is InChI=1S/C25H21Cl2N5O6/c1-3-37-25(35)29-24(34)21(12-28)31-30-16-10-19(26)23(20(27)11-16)38-18-8-9-22(33)32(14-18)13-15-4-6-17(36-2)7-5-15/h4-11,14,30H,3,13H2,1-2H3,(H,29,34,35). The van der Waals surface area contributed by atoms with E-state index in [9.17, 15) is 14.4 Å². The number of carbonyl (C=O) groups excluding carboxylic acids is 2. The Kier molecular flexibility index (Phi) is 9.70. The van der Waals surface area contributed by atoms with Gasteiger partial charge < -0.3 is 18.8 Å². The highest BCUT2D eigenvalue weighted by Gasteiger charge is 2.16. The van der Waals surface area contributed by atoms with Crippen LogP contribution in [0.15, 0.2) is 64.6 Å². The maximum Gasteiger partial charge on any atom is 0.414 e. The van der Waals surface area contributed by atoms with Crippen LogP contribution in [0.3, 0.4) is 0 Å². The van der Waals surface area contributed by atoms with Gasteiger partial charge in [0.25, 0.3) is 11.5 Å². The smallest absolute Gasteiger partial charge is 0.414 e. The highest BCUT2D eigenvalue weighted by atomic mass is 35.5. The Hall–Kier alpha value is -4.53. The highest BCUT2D eigenvalue weighted by Crippen LogP contribution is 2.38. The van der Waals surface area contributed by atoms with Crippen LogP contribution < -0.4 is 25.8 Å². The lowest BCUT2D eigenvalue weighted by Crippen LogP contribution is -2.36. The van der Waals surface area contributed by atoms with E-state index in [4.69, 9.17) is 37.9 Å². The van der Waals surface area contributed by atoms with Crippen LogP contribution in [-0.2, 0) is 16.1 Å². The van der Waals surface area contributed by atoms with Gasteiger partial charge in [-0.05, 0) is 42.8 Å². The molecular weight excluding hydrogens is 537 g/mol. The molecule has 0 unspecified atom stereocenters. The number of rotatable bonds is 9. The van der Waals surface area contributed by atoms with Gasteiger partial charge in [-0.2, -0.15) is 10.4 Å². The number of pyridine rings is 1. The van der Waals surface area contributed by atoms with E-state index in [0.717, 1.165) is 5.56 Å². The fourth-order valence-corrected chi connectivity index (χ4v) is 3.59. The molecule has 0 atom stereocenters. The van der Waals surface area contributed by atoms with Gasteiger partial charge in [-0.25, -0.2) is 4.79 Å². The predicted molar refractivity (Wildman–Crippen MR) is 141 cm³/mol. The average molecular weight is 558 g/mol. The molecule has 11 nitrogen and oxygen atoms in total. The number of ether oxygens (including phenoxy) is 3. The van der Waals surface area contributed by atoms with E-state index in [2.05, 4.69) is 15.3 Å². The molecule has 0 aliphatic rings. The van der Waals surface area contributed by atoms with Crippen LogP contribution in [0, 0.1) is 11.3 Å². The van der Waals surface area contributed by atoms with E-state index in [0.29, 0.717) is 18.0 Å². The molecule has 0 bridgehead atoms. The molecule has 2 N–H and O–H groups in total. The van der Waals surface area contributed by atoms with Gasteiger partial charge in [0.2, 0.25) is 5.71 Å². The van der Waals surface area contributed by atoms with Crippen LogP contribution in [0.4, 0.5) is 10.5 Å². The molecule has 13 heteroatoms. The van der Waals surface area contributed by atoms with Crippen molar-refractivity contribution in [3.8, 4) is 23.3 Å². The SMILES string of the molecule is CCOC(=O)NC(=O)C(C#N)=NNc1cc(Cl)c(Oc2ccc(=O)n(Cc3ccc(OC)cc3)c2)c(Cl)c1. The maximum absolute atomic E-state index is 12.4. The summed E-state index contributed by atoms with van der Waals surface area (Å²) in [5.74, 6) is 0.0661. The lowest BCUT2D eigenvalue weighted by Gasteiger charge is -2.13. The second-order valence-electron chi connectivity index (χ2n) is 7.41. The first-order valence-corrected chi connectivity index (χ1v) is 11.7. The van der Waals surface area contributed by atoms with Gasteiger partial charge in [0.05, 0.1) is 42.2 Å². The van der Waals surface area contributed by atoms with Crippen molar-refractivity contribution in [2.45, 2.75) is 13.5 Å². The number of nitriles is 1. The first-order chi connectivity index (χ1) is 18.2. The Morgan fingerprint density at radius 2 is 1.74 bits per heavy atom. The molecule has 1 heterocycles. The number of aromatic nitrogens is 1. The third-order valence-corrected chi connectivity index (χ3v) is 5.36. The van der Waals surface area contributed by atoms with Gasteiger partial charge in [0.1, 0.15) is 17.6 Å². The Bertz CT molecular complexity index is 1440. The number of nitrogens with one attached hydrogen (secondary N) is 2. The number of halogens is 2. The number of carbonyl (C=O) groups is 2. The van der Waals surface area contributed by atoms with Gasteiger partial charge in [-0.15, -0.1) is 0 Å². The van der Waals surface area contributed by atoms with E-state index < -0.39 is 17.7 Å². The maximum atomic E-state index is 12.4. The number of hydrazone groups is 1. The van der Waals surface area contributed by atoms with E-state index in [1.165, 1.54) is 35.0 Å². The lowest BCUT2D eigenvalue weighted by molar-refractivity contribution is -0.114. The summed E-state index contributed by atoms with van der Waals surface area (Å²) >= 11 is 12.7. The summed E-state index contributed by atoms with van der Waals surface area (Å²) in [6.45, 7) is 1.91. The largest absolute Gasteiger partial charge is 0.497 e. The molecule has 2 amide bonds. The van der Waals surface area contributed by atoms with Crippen LogP contribution >= 0.6 is 23.2 Å². The number of benzene rings is 2. The Balaban J connectivity index is 1.75. The number of alkyl carbamates (subject to hydrolysis) is 1. The van der Waals surface area contributed by atoms with E-state index in [-0.39, 0.29) is 33.6 Å². The van der Waals surface area contributed by atoms with Crippen LogP contribution in [0.25, 0.3) is 0 Å². The molecule has 0 spiro atoms. The van der Waals surface area contributed by atoms with Crippen LogP contribution in [0.2, 0.25) is 10.0 Å². The van der Waals surface area contributed by atoms with Gasteiger partial charge in [0, 0.05) is 6.07 Å². The molecule has 0 saturated heterocycles. The zero-order valence-electron chi connectivity index (χ0n) is 20.2. The number of amides is 2. The Morgan fingerprint density at radius 3 is 2.34 bits per heavy atom. The minimum Gasteiger partial charge on any atom is -0.497 e. The molecule has 0 aliphatic heterocycles. The second-order valence-corrected chi connectivity index (χ2v) is 8.22. The van der Waals surface area contributed by atoms with Crippen molar-refractivity contribution in [2.75, 3.05) is 19.1 Å². The first kappa shape index (κ1) is 28.0. The second kappa shape index (κ2) is 13.1. The number of hydrogen-bond donors (Lipinski definition) is 2.